The van der Waals surface area contributed by atoms with Crippen molar-refractivity contribution < 1.29 is 8.42 Å². The summed E-state index contributed by atoms with van der Waals surface area (Å²) in [5, 5.41) is 6.34. The lowest BCUT2D eigenvalue weighted by Crippen LogP contribution is -2.27. The quantitative estimate of drug-likeness (QED) is 0.887. The second-order valence-corrected chi connectivity index (χ2v) is 6.17. The zero-order valence-corrected chi connectivity index (χ0v) is 11.8. The maximum atomic E-state index is 12.2. The summed E-state index contributed by atoms with van der Waals surface area (Å²) in [4.78, 5) is 4.18. The standard InChI is InChI=1S/C12H16N4O2S/c1-8-4-5-11(6-9(8)2)19(17,18)16-10(3)12-13-7-14-15-12/h4-7,10,16H,1-3H3,(H,13,14,15). The molecule has 2 aromatic rings. The second kappa shape index (κ2) is 5.10. The molecule has 6 nitrogen and oxygen atoms in total. The van der Waals surface area contributed by atoms with Crippen molar-refractivity contribution >= 4 is 10.0 Å². The van der Waals surface area contributed by atoms with Crippen LogP contribution in [0.4, 0.5) is 0 Å². The van der Waals surface area contributed by atoms with Gasteiger partial charge in [0, 0.05) is 0 Å². The van der Waals surface area contributed by atoms with E-state index in [4.69, 9.17) is 0 Å². The van der Waals surface area contributed by atoms with Crippen molar-refractivity contribution in [1.82, 2.24) is 19.9 Å². The summed E-state index contributed by atoms with van der Waals surface area (Å²) in [5.74, 6) is 0.479. The highest BCUT2D eigenvalue weighted by Crippen LogP contribution is 2.17. The molecule has 0 radical (unpaired) electrons. The van der Waals surface area contributed by atoms with Gasteiger partial charge in [-0.1, -0.05) is 6.07 Å². The van der Waals surface area contributed by atoms with Crippen LogP contribution in [0.15, 0.2) is 29.4 Å². The summed E-state index contributed by atoms with van der Waals surface area (Å²) in [6, 6.07) is 4.58. The van der Waals surface area contributed by atoms with Crippen molar-refractivity contribution in [3.8, 4) is 0 Å². The lowest BCUT2D eigenvalue weighted by Gasteiger charge is -2.12. The molecular formula is C12H16N4O2S. The minimum Gasteiger partial charge on any atom is -0.262 e. The van der Waals surface area contributed by atoms with Crippen LogP contribution in [0.5, 0.6) is 0 Å². The molecule has 1 aromatic heterocycles. The van der Waals surface area contributed by atoms with Gasteiger partial charge in [-0.25, -0.2) is 18.1 Å². The molecule has 1 heterocycles. The second-order valence-electron chi connectivity index (χ2n) is 4.46. The van der Waals surface area contributed by atoms with Crippen LogP contribution in [0, 0.1) is 13.8 Å². The molecule has 2 rings (SSSR count). The molecule has 19 heavy (non-hydrogen) atoms. The van der Waals surface area contributed by atoms with E-state index in [1.807, 2.05) is 13.8 Å². The number of hydrogen-bond donors (Lipinski definition) is 2. The predicted molar refractivity (Wildman–Crippen MR) is 71.0 cm³/mol. The maximum Gasteiger partial charge on any atom is 0.241 e. The Bertz CT molecular complexity index is 665. The van der Waals surface area contributed by atoms with Gasteiger partial charge in [-0.3, -0.25) is 5.10 Å². The Morgan fingerprint density at radius 1 is 1.26 bits per heavy atom. The molecule has 2 N–H and O–H groups in total. The number of benzene rings is 1. The number of aromatic nitrogens is 3. The first-order chi connectivity index (χ1) is 8.90. The lowest BCUT2D eigenvalue weighted by molar-refractivity contribution is 0.560. The van der Waals surface area contributed by atoms with Crippen molar-refractivity contribution in [3.05, 3.63) is 41.5 Å². The number of nitrogens with one attached hydrogen (secondary N) is 2. The monoisotopic (exact) mass is 280 g/mol. The van der Waals surface area contributed by atoms with Crippen LogP contribution in [0.2, 0.25) is 0 Å². The molecule has 1 unspecified atom stereocenters. The number of sulfonamides is 1. The zero-order chi connectivity index (χ0) is 14.0. The third-order valence-corrected chi connectivity index (χ3v) is 4.50. The van der Waals surface area contributed by atoms with Crippen LogP contribution in [-0.2, 0) is 10.0 Å². The van der Waals surface area contributed by atoms with Gasteiger partial charge in [-0.2, -0.15) is 5.10 Å². The van der Waals surface area contributed by atoms with Gasteiger partial charge in [-0.15, -0.1) is 0 Å². The van der Waals surface area contributed by atoms with E-state index in [1.54, 1.807) is 25.1 Å². The van der Waals surface area contributed by atoms with Crippen molar-refractivity contribution in [2.24, 2.45) is 0 Å². The van der Waals surface area contributed by atoms with Crippen LogP contribution in [0.3, 0.4) is 0 Å². The molecule has 0 aliphatic carbocycles. The molecular weight excluding hydrogens is 264 g/mol. The number of hydrogen-bond acceptors (Lipinski definition) is 4. The van der Waals surface area contributed by atoms with Crippen molar-refractivity contribution in [1.29, 1.82) is 0 Å². The van der Waals surface area contributed by atoms with E-state index in [0.717, 1.165) is 11.1 Å². The summed E-state index contributed by atoms with van der Waals surface area (Å²) < 4.78 is 27.0. The molecule has 0 spiro atoms. The smallest absolute Gasteiger partial charge is 0.241 e. The molecule has 0 amide bonds. The first kappa shape index (κ1) is 13.7. The third-order valence-electron chi connectivity index (χ3n) is 2.96. The van der Waals surface area contributed by atoms with Crippen molar-refractivity contribution in [2.75, 3.05) is 0 Å². The third kappa shape index (κ3) is 2.99. The van der Waals surface area contributed by atoms with Crippen LogP contribution < -0.4 is 4.72 Å². The molecule has 0 aliphatic heterocycles. The van der Waals surface area contributed by atoms with Gasteiger partial charge >= 0.3 is 0 Å². The Morgan fingerprint density at radius 2 is 2.00 bits per heavy atom. The highest BCUT2D eigenvalue weighted by atomic mass is 32.2. The Morgan fingerprint density at radius 3 is 2.58 bits per heavy atom. The van der Waals surface area contributed by atoms with Crippen LogP contribution >= 0.6 is 0 Å². The Balaban J connectivity index is 2.25. The number of rotatable bonds is 4. The molecule has 0 fully saturated rings. The van der Waals surface area contributed by atoms with E-state index >= 15 is 0 Å². The fourth-order valence-corrected chi connectivity index (χ4v) is 2.95. The number of aryl methyl sites for hydroxylation is 2. The number of H-pyrrole nitrogens is 1. The molecule has 0 saturated heterocycles. The van der Waals surface area contributed by atoms with Gasteiger partial charge in [0.05, 0.1) is 10.9 Å². The highest BCUT2D eigenvalue weighted by Gasteiger charge is 2.20. The van der Waals surface area contributed by atoms with E-state index in [1.165, 1.54) is 6.33 Å². The van der Waals surface area contributed by atoms with Gasteiger partial charge in [0.1, 0.15) is 12.2 Å². The fraction of sp³-hybridized carbons (Fsp3) is 0.333. The number of nitrogens with zero attached hydrogens (tertiary/aromatic N) is 2. The topological polar surface area (TPSA) is 87.7 Å². The largest absolute Gasteiger partial charge is 0.262 e. The molecule has 0 aliphatic rings. The Hall–Kier alpha value is -1.73. The van der Waals surface area contributed by atoms with E-state index in [0.29, 0.717) is 5.82 Å². The summed E-state index contributed by atoms with van der Waals surface area (Å²) in [5.41, 5.74) is 2.00. The molecule has 0 bridgehead atoms. The van der Waals surface area contributed by atoms with Crippen LogP contribution in [-0.4, -0.2) is 23.6 Å². The average molecular weight is 280 g/mol. The van der Waals surface area contributed by atoms with Crippen LogP contribution in [0.1, 0.15) is 29.9 Å². The summed E-state index contributed by atoms with van der Waals surface area (Å²) in [7, 11) is -3.56. The van der Waals surface area contributed by atoms with Gasteiger partial charge in [0.25, 0.3) is 0 Å². The Labute approximate surface area is 112 Å². The Kier molecular flexibility index (Phi) is 3.68. The zero-order valence-electron chi connectivity index (χ0n) is 11.0. The van der Waals surface area contributed by atoms with E-state index in [-0.39, 0.29) is 4.90 Å². The molecule has 1 atom stereocenters. The van der Waals surface area contributed by atoms with Gasteiger partial charge in [0.15, 0.2) is 0 Å². The van der Waals surface area contributed by atoms with Gasteiger partial charge in [-0.05, 0) is 44.0 Å². The molecule has 102 valence electrons. The van der Waals surface area contributed by atoms with E-state index in [9.17, 15) is 8.42 Å². The lowest BCUT2D eigenvalue weighted by atomic mass is 10.1. The molecule has 7 heteroatoms. The van der Waals surface area contributed by atoms with Crippen molar-refractivity contribution in [2.45, 2.75) is 31.7 Å². The summed E-state index contributed by atoms with van der Waals surface area (Å²) >= 11 is 0. The predicted octanol–water partition coefficient (Wildman–Crippen LogP) is 1.46. The first-order valence-electron chi connectivity index (χ1n) is 5.85. The van der Waals surface area contributed by atoms with E-state index in [2.05, 4.69) is 19.9 Å². The normalized spacial score (nSPS) is 13.4. The van der Waals surface area contributed by atoms with Crippen LogP contribution in [0.25, 0.3) is 0 Å². The molecule has 0 saturated carbocycles. The first-order valence-corrected chi connectivity index (χ1v) is 7.33. The SMILES string of the molecule is Cc1ccc(S(=O)(=O)NC(C)c2ncn[nH]2)cc1C. The molecule has 1 aromatic carbocycles. The van der Waals surface area contributed by atoms with Gasteiger partial charge in [0.2, 0.25) is 10.0 Å². The summed E-state index contributed by atoms with van der Waals surface area (Å²) in [6.45, 7) is 5.53. The minimum absolute atomic E-state index is 0.252. The fourth-order valence-electron chi connectivity index (χ4n) is 1.66. The maximum absolute atomic E-state index is 12.2. The average Bonchev–Trinajstić information content (AvgIpc) is 2.85. The highest BCUT2D eigenvalue weighted by molar-refractivity contribution is 7.89. The van der Waals surface area contributed by atoms with Gasteiger partial charge < -0.3 is 0 Å². The minimum atomic E-state index is -3.56. The van der Waals surface area contributed by atoms with Crippen molar-refractivity contribution in [3.63, 3.8) is 0 Å². The number of aromatic amines is 1. The summed E-state index contributed by atoms with van der Waals surface area (Å²) in [6.07, 6.45) is 1.34. The van der Waals surface area contributed by atoms with E-state index < -0.39 is 16.1 Å².